The third kappa shape index (κ3) is 6.92. The van der Waals surface area contributed by atoms with Crippen LogP contribution in [0.15, 0.2) is 109 Å². The number of nitrogens with zero attached hydrogens (tertiary/aromatic N) is 1. The topological polar surface area (TPSA) is 55.2 Å². The lowest BCUT2D eigenvalue weighted by atomic mass is 9.78. The highest BCUT2D eigenvalue weighted by Gasteiger charge is 2.25. The van der Waals surface area contributed by atoms with Crippen molar-refractivity contribution in [1.82, 2.24) is 0 Å². The van der Waals surface area contributed by atoms with E-state index in [9.17, 15) is 10.1 Å². The molecule has 4 nitrogen and oxygen atoms in total. The van der Waals surface area contributed by atoms with E-state index < -0.39 is 0 Å². The Morgan fingerprint density at radius 2 is 1.04 bits per heavy atom. The van der Waals surface area contributed by atoms with Crippen molar-refractivity contribution in [3.8, 4) is 33.4 Å². The highest BCUT2D eigenvalue weighted by atomic mass is 16.6. The summed E-state index contributed by atoms with van der Waals surface area (Å²) >= 11 is 0. The highest BCUT2D eigenvalue weighted by Crippen LogP contribution is 2.45. The van der Waals surface area contributed by atoms with E-state index in [2.05, 4.69) is 134 Å². The van der Waals surface area contributed by atoms with Gasteiger partial charge in [0.25, 0.3) is 5.69 Å². The second-order valence-electron chi connectivity index (χ2n) is 15.3. The van der Waals surface area contributed by atoms with Crippen LogP contribution in [0.3, 0.4) is 0 Å². The Bertz CT molecular complexity index is 1870. The van der Waals surface area contributed by atoms with Crippen LogP contribution in [0.4, 0.5) is 17.1 Å². The first-order chi connectivity index (χ1) is 21.5. The second kappa shape index (κ2) is 12.2. The molecule has 0 aliphatic heterocycles. The van der Waals surface area contributed by atoms with E-state index in [1.165, 1.54) is 27.8 Å². The Balaban J connectivity index is 1.79. The van der Waals surface area contributed by atoms with Gasteiger partial charge in [0.15, 0.2) is 0 Å². The monoisotopic (exact) mass is 610 g/mol. The van der Waals surface area contributed by atoms with Crippen molar-refractivity contribution in [3.05, 3.63) is 136 Å². The van der Waals surface area contributed by atoms with Crippen LogP contribution in [0.2, 0.25) is 0 Å². The average molecular weight is 611 g/mol. The number of hydrogen-bond acceptors (Lipinski definition) is 3. The smallest absolute Gasteiger partial charge is 0.292 e. The summed E-state index contributed by atoms with van der Waals surface area (Å²) in [6, 6.07) is 37.3. The van der Waals surface area contributed by atoms with E-state index in [-0.39, 0.29) is 26.9 Å². The van der Waals surface area contributed by atoms with Crippen LogP contribution >= 0.6 is 0 Å². The molecule has 1 N–H and O–H groups in total. The summed E-state index contributed by atoms with van der Waals surface area (Å²) in [6.07, 6.45) is 0. The Labute approximate surface area is 274 Å². The number of nitro groups is 1. The molecule has 0 spiro atoms. The first-order valence-electron chi connectivity index (χ1n) is 16.0. The van der Waals surface area contributed by atoms with Crippen LogP contribution in [-0.4, -0.2) is 4.92 Å². The zero-order valence-electron chi connectivity index (χ0n) is 28.7. The van der Waals surface area contributed by atoms with E-state index >= 15 is 0 Å². The maximum atomic E-state index is 12.1. The quantitative estimate of drug-likeness (QED) is 0.154. The summed E-state index contributed by atoms with van der Waals surface area (Å²) in [5.41, 5.74) is 11.4. The fourth-order valence-corrected chi connectivity index (χ4v) is 5.89. The van der Waals surface area contributed by atoms with Gasteiger partial charge in [0.05, 0.1) is 10.6 Å². The molecule has 0 radical (unpaired) electrons. The number of hydrogen-bond donors (Lipinski definition) is 1. The molecule has 5 aromatic rings. The Hall–Kier alpha value is -4.70. The number of rotatable bonds is 6. The van der Waals surface area contributed by atoms with Crippen LogP contribution in [0.1, 0.15) is 79.0 Å². The number of anilines is 2. The molecular weight excluding hydrogens is 564 g/mol. The fraction of sp³-hybridized carbons (Fsp3) is 0.286. The summed E-state index contributed by atoms with van der Waals surface area (Å²) in [5.74, 6) is 0. The van der Waals surface area contributed by atoms with Gasteiger partial charge in [-0.1, -0.05) is 141 Å². The molecular formula is C42H46N2O2. The van der Waals surface area contributed by atoms with Crippen molar-refractivity contribution in [3.63, 3.8) is 0 Å². The fourth-order valence-electron chi connectivity index (χ4n) is 5.89. The maximum Gasteiger partial charge on any atom is 0.292 e. The minimum Gasteiger partial charge on any atom is -0.349 e. The molecule has 46 heavy (non-hydrogen) atoms. The predicted molar refractivity (Wildman–Crippen MR) is 195 cm³/mol. The normalized spacial score (nSPS) is 12.2. The second-order valence-corrected chi connectivity index (χ2v) is 15.3. The zero-order chi connectivity index (χ0) is 33.4. The molecule has 5 aromatic carbocycles. The van der Waals surface area contributed by atoms with Crippen LogP contribution in [-0.2, 0) is 16.2 Å². The molecule has 0 saturated heterocycles. The number of benzene rings is 5. The minimum atomic E-state index is -0.328. The number of nitro benzene ring substituents is 1. The van der Waals surface area contributed by atoms with Crippen molar-refractivity contribution in [1.29, 1.82) is 0 Å². The Kier molecular flexibility index (Phi) is 8.70. The van der Waals surface area contributed by atoms with E-state index in [1.807, 2.05) is 24.3 Å². The van der Waals surface area contributed by atoms with Crippen molar-refractivity contribution in [2.75, 3.05) is 5.32 Å². The summed E-state index contributed by atoms with van der Waals surface area (Å²) in [4.78, 5) is 11.7. The molecule has 0 saturated carbocycles. The van der Waals surface area contributed by atoms with Gasteiger partial charge in [0, 0.05) is 17.2 Å². The molecule has 0 atom stereocenters. The molecule has 0 bridgehead atoms. The van der Waals surface area contributed by atoms with Gasteiger partial charge >= 0.3 is 0 Å². The summed E-state index contributed by atoms with van der Waals surface area (Å²) in [7, 11) is 0. The molecule has 5 rings (SSSR count). The molecule has 0 unspecified atom stereocenters. The average Bonchev–Trinajstić information content (AvgIpc) is 3.00. The van der Waals surface area contributed by atoms with Gasteiger partial charge in [-0.15, -0.1) is 0 Å². The molecule has 0 heterocycles. The predicted octanol–water partition coefficient (Wildman–Crippen LogP) is 12.2. The lowest BCUT2D eigenvalue weighted by Crippen LogP contribution is -2.14. The lowest BCUT2D eigenvalue weighted by Gasteiger charge is -2.27. The first-order valence-corrected chi connectivity index (χ1v) is 16.0. The minimum absolute atomic E-state index is 0.0387. The third-order valence-corrected chi connectivity index (χ3v) is 8.65. The van der Waals surface area contributed by atoms with Crippen molar-refractivity contribution >= 4 is 17.1 Å². The van der Waals surface area contributed by atoms with Crippen LogP contribution in [0.25, 0.3) is 33.4 Å². The molecule has 236 valence electrons. The van der Waals surface area contributed by atoms with E-state index in [4.69, 9.17) is 0 Å². The molecule has 0 amide bonds. The Morgan fingerprint density at radius 1 is 0.522 bits per heavy atom. The Morgan fingerprint density at radius 3 is 1.61 bits per heavy atom. The first kappa shape index (κ1) is 32.7. The van der Waals surface area contributed by atoms with Crippen molar-refractivity contribution in [2.45, 2.75) is 78.6 Å². The molecule has 4 heteroatoms. The molecule has 0 fully saturated rings. The number of para-hydroxylation sites is 2. The van der Waals surface area contributed by atoms with Gasteiger partial charge in [-0.3, -0.25) is 10.1 Å². The highest BCUT2D eigenvalue weighted by molar-refractivity contribution is 5.95. The van der Waals surface area contributed by atoms with Crippen LogP contribution < -0.4 is 5.32 Å². The van der Waals surface area contributed by atoms with Gasteiger partial charge in [-0.2, -0.15) is 0 Å². The standard InChI is InChI=1S/C42H46N2O2/c1-40(2,3)31-22-19-29(20-23-31)33-24-21-30(25-36(33)42(7,8)9)35-27-32(41(4,5)6)26-34(28-15-11-10-12-16-28)39(35)43-37-17-13-14-18-38(37)44(45)46/h10-27,43H,1-9H3. The third-order valence-electron chi connectivity index (χ3n) is 8.65. The van der Waals surface area contributed by atoms with Crippen LogP contribution in [0, 0.1) is 10.1 Å². The molecule has 0 aliphatic rings. The van der Waals surface area contributed by atoms with Gasteiger partial charge in [-0.05, 0) is 79.5 Å². The summed E-state index contributed by atoms with van der Waals surface area (Å²) in [5, 5.41) is 15.6. The van der Waals surface area contributed by atoms with E-state index in [0.29, 0.717) is 5.69 Å². The molecule has 0 aliphatic carbocycles. The van der Waals surface area contributed by atoms with Gasteiger partial charge in [0.1, 0.15) is 5.69 Å². The lowest BCUT2D eigenvalue weighted by molar-refractivity contribution is -0.383. The SMILES string of the molecule is CC(C)(C)c1ccc(-c2ccc(-c3cc(C(C)(C)C)cc(-c4ccccc4)c3Nc3ccccc3[N+](=O)[O-])cc2C(C)(C)C)cc1. The zero-order valence-corrected chi connectivity index (χ0v) is 28.7. The van der Waals surface area contributed by atoms with E-state index in [0.717, 1.165) is 27.9 Å². The van der Waals surface area contributed by atoms with Gasteiger partial charge in [0.2, 0.25) is 0 Å². The van der Waals surface area contributed by atoms with Gasteiger partial charge < -0.3 is 5.32 Å². The van der Waals surface area contributed by atoms with Crippen molar-refractivity contribution < 1.29 is 4.92 Å². The summed E-state index contributed by atoms with van der Waals surface area (Å²) in [6.45, 7) is 20.2. The maximum absolute atomic E-state index is 12.1. The number of nitrogens with one attached hydrogen (secondary N) is 1. The van der Waals surface area contributed by atoms with Gasteiger partial charge in [-0.25, -0.2) is 0 Å². The largest absolute Gasteiger partial charge is 0.349 e. The molecule has 0 aromatic heterocycles. The summed E-state index contributed by atoms with van der Waals surface area (Å²) < 4.78 is 0. The van der Waals surface area contributed by atoms with Crippen LogP contribution in [0.5, 0.6) is 0 Å². The van der Waals surface area contributed by atoms with E-state index in [1.54, 1.807) is 18.2 Å². The van der Waals surface area contributed by atoms with Crippen molar-refractivity contribution in [2.24, 2.45) is 0 Å².